The Morgan fingerprint density at radius 1 is 0.800 bits per heavy atom. The van der Waals surface area contributed by atoms with Gasteiger partial charge in [-0.15, -0.1) is 5.92 Å². The summed E-state index contributed by atoms with van der Waals surface area (Å²) in [5.41, 5.74) is 4.64. The molecule has 0 amide bonds. The van der Waals surface area contributed by atoms with Crippen LogP contribution < -0.4 is 0 Å². The standard InChI is InChI=1S/C33H34N2/c1-32(2,3)22-14-13-15-26-23-30(26)31-24-35(25-34-31)33(27-16-7-4-8-17-27,28-18-9-5-10-19-28)29-20-11-6-12-21-29/h4-12,16-21,24-26,30H,14,22-23H2,1-3H3/t26-,30-/m1/s1. The van der Waals surface area contributed by atoms with Crippen molar-refractivity contribution in [2.75, 3.05) is 0 Å². The molecule has 1 aromatic heterocycles. The molecule has 0 saturated heterocycles. The average molecular weight is 459 g/mol. The van der Waals surface area contributed by atoms with Crippen LogP contribution in [0, 0.1) is 23.2 Å². The topological polar surface area (TPSA) is 17.8 Å². The molecule has 4 aromatic rings. The first-order valence-corrected chi connectivity index (χ1v) is 12.7. The summed E-state index contributed by atoms with van der Waals surface area (Å²) in [6, 6.07) is 32.3. The van der Waals surface area contributed by atoms with Crippen LogP contribution in [0.1, 0.15) is 68.3 Å². The SMILES string of the molecule is CC(C)(C)CCC#C[C@@H]1C[C@H]1c1cn(C(c2ccccc2)(c2ccccc2)c2ccccc2)cn1. The van der Waals surface area contributed by atoms with Gasteiger partial charge in [0.1, 0.15) is 5.54 Å². The monoisotopic (exact) mass is 458 g/mol. The van der Waals surface area contributed by atoms with E-state index in [1.165, 1.54) is 16.7 Å². The molecule has 0 aliphatic heterocycles. The third-order valence-electron chi connectivity index (χ3n) is 7.02. The van der Waals surface area contributed by atoms with Gasteiger partial charge in [-0.1, -0.05) is 118 Å². The number of rotatable bonds is 6. The number of imidazole rings is 1. The lowest BCUT2D eigenvalue weighted by atomic mass is 9.77. The molecule has 3 aromatic carbocycles. The van der Waals surface area contributed by atoms with Gasteiger partial charge in [0.25, 0.3) is 0 Å². The Bertz CT molecular complexity index is 1200. The van der Waals surface area contributed by atoms with Gasteiger partial charge in [0.05, 0.1) is 12.0 Å². The second kappa shape index (κ2) is 9.59. The summed E-state index contributed by atoms with van der Waals surface area (Å²) in [5, 5.41) is 0. The highest BCUT2D eigenvalue weighted by atomic mass is 15.1. The van der Waals surface area contributed by atoms with E-state index in [0.717, 1.165) is 25.0 Å². The Labute approximate surface area is 210 Å². The molecule has 35 heavy (non-hydrogen) atoms. The fourth-order valence-electron chi connectivity index (χ4n) is 5.02. The van der Waals surface area contributed by atoms with Gasteiger partial charge < -0.3 is 4.57 Å². The minimum atomic E-state index is -0.502. The maximum atomic E-state index is 4.93. The summed E-state index contributed by atoms with van der Waals surface area (Å²) in [6.07, 6.45) is 7.49. The second-order valence-electron chi connectivity index (χ2n) is 10.8. The fourth-order valence-corrected chi connectivity index (χ4v) is 5.02. The largest absolute Gasteiger partial charge is 0.319 e. The minimum absolute atomic E-state index is 0.339. The Morgan fingerprint density at radius 2 is 1.31 bits per heavy atom. The molecule has 1 heterocycles. The van der Waals surface area contributed by atoms with Crippen molar-refractivity contribution < 1.29 is 0 Å². The van der Waals surface area contributed by atoms with E-state index in [1.807, 2.05) is 6.33 Å². The van der Waals surface area contributed by atoms with Gasteiger partial charge in [-0.05, 0) is 34.9 Å². The van der Waals surface area contributed by atoms with Gasteiger partial charge in [-0.25, -0.2) is 4.98 Å². The summed E-state index contributed by atoms with van der Waals surface area (Å²) in [5.74, 6) is 7.81. The Kier molecular flexibility index (Phi) is 6.35. The molecule has 2 nitrogen and oxygen atoms in total. The smallest absolute Gasteiger partial charge is 0.121 e. The Hall–Kier alpha value is -3.57. The van der Waals surface area contributed by atoms with E-state index in [0.29, 0.717) is 17.3 Å². The van der Waals surface area contributed by atoms with Crippen LogP contribution in [-0.2, 0) is 5.54 Å². The highest BCUT2D eigenvalue weighted by Gasteiger charge is 2.42. The van der Waals surface area contributed by atoms with Crippen molar-refractivity contribution in [3.05, 3.63) is 126 Å². The molecule has 0 bridgehead atoms. The van der Waals surface area contributed by atoms with Gasteiger partial charge in [-0.2, -0.15) is 0 Å². The molecule has 0 radical (unpaired) electrons. The summed E-state index contributed by atoms with van der Waals surface area (Å²) >= 11 is 0. The highest BCUT2D eigenvalue weighted by molar-refractivity contribution is 5.51. The van der Waals surface area contributed by atoms with Crippen LogP contribution in [0.3, 0.4) is 0 Å². The highest BCUT2D eigenvalue weighted by Crippen LogP contribution is 2.48. The summed E-state index contributed by atoms with van der Waals surface area (Å²) in [6.45, 7) is 6.83. The van der Waals surface area contributed by atoms with Gasteiger partial charge in [0.2, 0.25) is 0 Å². The molecule has 1 aliphatic rings. The van der Waals surface area contributed by atoms with Crippen molar-refractivity contribution in [1.29, 1.82) is 0 Å². The molecule has 2 atom stereocenters. The van der Waals surface area contributed by atoms with Crippen LogP contribution in [0.2, 0.25) is 0 Å². The predicted octanol–water partition coefficient (Wildman–Crippen LogP) is 7.66. The number of benzene rings is 3. The van der Waals surface area contributed by atoms with Crippen molar-refractivity contribution in [3.63, 3.8) is 0 Å². The molecule has 0 N–H and O–H groups in total. The first-order chi connectivity index (χ1) is 17.0. The van der Waals surface area contributed by atoms with Crippen molar-refractivity contribution in [3.8, 4) is 11.8 Å². The first-order valence-electron chi connectivity index (χ1n) is 12.7. The predicted molar refractivity (Wildman–Crippen MR) is 144 cm³/mol. The molecule has 1 saturated carbocycles. The molecule has 0 spiro atoms. The van der Waals surface area contributed by atoms with E-state index in [9.17, 15) is 0 Å². The second-order valence-corrected chi connectivity index (χ2v) is 10.8. The van der Waals surface area contributed by atoms with Gasteiger partial charge >= 0.3 is 0 Å². The van der Waals surface area contributed by atoms with Crippen molar-refractivity contribution >= 4 is 0 Å². The van der Waals surface area contributed by atoms with Gasteiger partial charge in [0, 0.05) is 24.5 Å². The maximum absolute atomic E-state index is 4.93. The van der Waals surface area contributed by atoms with Crippen LogP contribution in [0.4, 0.5) is 0 Å². The minimum Gasteiger partial charge on any atom is -0.319 e. The zero-order chi connectivity index (χ0) is 24.3. The number of nitrogens with zero attached hydrogens (tertiary/aromatic N) is 2. The van der Waals surface area contributed by atoms with E-state index < -0.39 is 5.54 Å². The molecule has 176 valence electrons. The van der Waals surface area contributed by atoms with Crippen LogP contribution >= 0.6 is 0 Å². The molecule has 2 heteroatoms. The zero-order valence-corrected chi connectivity index (χ0v) is 21.0. The van der Waals surface area contributed by atoms with Gasteiger partial charge in [0.15, 0.2) is 0 Å². The summed E-state index contributed by atoms with van der Waals surface area (Å²) in [7, 11) is 0. The lowest BCUT2D eigenvalue weighted by Gasteiger charge is -2.37. The van der Waals surface area contributed by atoms with E-state index >= 15 is 0 Å². The van der Waals surface area contributed by atoms with Crippen molar-refractivity contribution in [1.82, 2.24) is 9.55 Å². The number of aromatic nitrogens is 2. The zero-order valence-electron chi connectivity index (χ0n) is 21.0. The van der Waals surface area contributed by atoms with Crippen molar-refractivity contribution in [2.45, 2.75) is 51.5 Å². The van der Waals surface area contributed by atoms with Crippen LogP contribution in [0.5, 0.6) is 0 Å². The molecule has 1 aliphatic carbocycles. The average Bonchev–Trinajstić information content (AvgIpc) is 3.49. The quantitative estimate of drug-likeness (QED) is 0.214. The summed E-state index contributed by atoms with van der Waals surface area (Å²) < 4.78 is 2.31. The summed E-state index contributed by atoms with van der Waals surface area (Å²) in [4.78, 5) is 4.93. The van der Waals surface area contributed by atoms with E-state index in [2.05, 4.69) is 134 Å². The maximum Gasteiger partial charge on any atom is 0.121 e. The third-order valence-corrected chi connectivity index (χ3v) is 7.02. The normalized spacial score (nSPS) is 17.5. The molecular weight excluding hydrogens is 424 g/mol. The van der Waals surface area contributed by atoms with Crippen LogP contribution in [0.15, 0.2) is 104 Å². The van der Waals surface area contributed by atoms with Crippen molar-refractivity contribution in [2.24, 2.45) is 11.3 Å². The third kappa shape index (κ3) is 4.82. The lowest BCUT2D eigenvalue weighted by Crippen LogP contribution is -2.36. The Balaban J connectivity index is 1.53. The van der Waals surface area contributed by atoms with Crippen LogP contribution in [-0.4, -0.2) is 9.55 Å². The molecule has 0 unspecified atom stereocenters. The van der Waals surface area contributed by atoms with Gasteiger partial charge in [-0.3, -0.25) is 0 Å². The Morgan fingerprint density at radius 3 is 1.80 bits per heavy atom. The number of hydrogen-bond donors (Lipinski definition) is 0. The first kappa shape index (κ1) is 23.2. The van der Waals surface area contributed by atoms with Crippen LogP contribution in [0.25, 0.3) is 0 Å². The fraction of sp³-hybridized carbons (Fsp3) is 0.303. The van der Waals surface area contributed by atoms with E-state index in [-0.39, 0.29) is 0 Å². The van der Waals surface area contributed by atoms with E-state index in [4.69, 9.17) is 4.98 Å². The lowest BCUT2D eigenvalue weighted by molar-refractivity contribution is 0.384. The van der Waals surface area contributed by atoms with E-state index in [1.54, 1.807) is 0 Å². The molecule has 1 fully saturated rings. The molecule has 5 rings (SSSR count). The number of hydrogen-bond acceptors (Lipinski definition) is 1. The molecular formula is C33H34N2.